The first-order valence-electron chi connectivity index (χ1n) is 6.62. The van der Waals surface area contributed by atoms with E-state index in [-0.39, 0.29) is 22.5 Å². The summed E-state index contributed by atoms with van der Waals surface area (Å²) < 4.78 is 40.3. The van der Waals surface area contributed by atoms with E-state index in [1.807, 2.05) is 19.0 Å². The Balaban J connectivity index is 2.35. The molecule has 2 N–H and O–H groups in total. The molecule has 21 heavy (non-hydrogen) atoms. The van der Waals surface area contributed by atoms with Crippen LogP contribution in [0, 0.1) is 5.82 Å². The van der Waals surface area contributed by atoms with E-state index in [2.05, 4.69) is 0 Å². The Labute approximate surface area is 129 Å². The van der Waals surface area contributed by atoms with E-state index >= 15 is 0 Å². The van der Waals surface area contributed by atoms with Crippen molar-refractivity contribution in [3.05, 3.63) is 28.5 Å². The Morgan fingerprint density at radius 3 is 2.67 bits per heavy atom. The SMILES string of the molecule is CN(C)C1CCN(S(=O)(=O)c2cc(F)c(Cl)c(CN)c2)C1. The van der Waals surface area contributed by atoms with Crippen LogP contribution in [0.5, 0.6) is 0 Å². The van der Waals surface area contributed by atoms with Gasteiger partial charge in [-0.15, -0.1) is 0 Å². The highest BCUT2D eigenvalue weighted by molar-refractivity contribution is 7.89. The average molecular weight is 336 g/mol. The zero-order valence-electron chi connectivity index (χ0n) is 12.0. The number of nitrogens with zero attached hydrogens (tertiary/aromatic N) is 2. The molecule has 0 aromatic heterocycles. The molecule has 8 heteroatoms. The largest absolute Gasteiger partial charge is 0.326 e. The number of sulfonamides is 1. The summed E-state index contributed by atoms with van der Waals surface area (Å²) in [5, 5.41) is -0.121. The van der Waals surface area contributed by atoms with Gasteiger partial charge in [0, 0.05) is 25.7 Å². The fourth-order valence-electron chi connectivity index (χ4n) is 2.42. The van der Waals surface area contributed by atoms with Crippen LogP contribution in [-0.2, 0) is 16.6 Å². The van der Waals surface area contributed by atoms with Gasteiger partial charge in [-0.3, -0.25) is 0 Å². The fraction of sp³-hybridized carbons (Fsp3) is 0.538. The molecule has 2 rings (SSSR count). The molecule has 1 unspecified atom stereocenters. The van der Waals surface area contributed by atoms with Crippen molar-refractivity contribution in [2.45, 2.75) is 23.9 Å². The summed E-state index contributed by atoms with van der Waals surface area (Å²) >= 11 is 5.77. The zero-order valence-corrected chi connectivity index (χ0v) is 13.6. The maximum absolute atomic E-state index is 13.8. The monoisotopic (exact) mass is 335 g/mol. The molecule has 1 heterocycles. The van der Waals surface area contributed by atoms with Crippen molar-refractivity contribution in [2.75, 3.05) is 27.2 Å². The molecule has 0 aliphatic carbocycles. The third kappa shape index (κ3) is 3.22. The third-order valence-corrected chi connectivity index (χ3v) is 6.06. The molecule has 0 saturated carbocycles. The molecular weight excluding hydrogens is 317 g/mol. The Kier molecular flexibility index (Phi) is 4.89. The van der Waals surface area contributed by atoms with Gasteiger partial charge >= 0.3 is 0 Å². The van der Waals surface area contributed by atoms with Crippen LogP contribution in [0.4, 0.5) is 4.39 Å². The maximum atomic E-state index is 13.8. The molecule has 0 bridgehead atoms. The van der Waals surface area contributed by atoms with Gasteiger partial charge in [0.1, 0.15) is 5.82 Å². The standard InChI is InChI=1S/C13H19ClFN3O2S/c1-17(2)10-3-4-18(8-10)21(19,20)11-5-9(7-16)13(14)12(15)6-11/h5-6,10H,3-4,7-8,16H2,1-2H3. The van der Waals surface area contributed by atoms with Crippen molar-refractivity contribution in [3.8, 4) is 0 Å². The molecule has 0 radical (unpaired) electrons. The van der Waals surface area contributed by atoms with Gasteiger partial charge in [0.25, 0.3) is 0 Å². The molecule has 1 aliphatic heterocycles. The van der Waals surface area contributed by atoms with Crippen molar-refractivity contribution in [1.82, 2.24) is 9.21 Å². The molecule has 0 amide bonds. The van der Waals surface area contributed by atoms with Crippen LogP contribution < -0.4 is 5.73 Å². The molecular formula is C13H19ClFN3O2S. The summed E-state index contributed by atoms with van der Waals surface area (Å²) in [6, 6.07) is 2.48. The van der Waals surface area contributed by atoms with E-state index in [0.29, 0.717) is 18.7 Å². The second-order valence-corrected chi connectivity index (χ2v) is 7.67. The first-order chi connectivity index (χ1) is 9.77. The summed E-state index contributed by atoms with van der Waals surface area (Å²) in [4.78, 5) is 1.90. The van der Waals surface area contributed by atoms with Crippen LogP contribution in [0.1, 0.15) is 12.0 Å². The summed E-state index contributed by atoms with van der Waals surface area (Å²) in [5.41, 5.74) is 5.77. The quantitative estimate of drug-likeness (QED) is 0.899. The van der Waals surface area contributed by atoms with E-state index in [0.717, 1.165) is 12.5 Å². The predicted molar refractivity (Wildman–Crippen MR) is 80.2 cm³/mol. The van der Waals surface area contributed by atoms with E-state index in [1.54, 1.807) is 0 Å². The lowest BCUT2D eigenvalue weighted by molar-refractivity contribution is 0.302. The van der Waals surface area contributed by atoms with E-state index < -0.39 is 15.8 Å². The minimum Gasteiger partial charge on any atom is -0.326 e. The summed E-state index contributed by atoms with van der Waals surface area (Å²) in [7, 11) is 0.0994. The van der Waals surface area contributed by atoms with Gasteiger partial charge in [0.15, 0.2) is 0 Å². The highest BCUT2D eigenvalue weighted by Crippen LogP contribution is 2.28. The average Bonchev–Trinajstić information content (AvgIpc) is 2.92. The first-order valence-corrected chi connectivity index (χ1v) is 8.43. The smallest absolute Gasteiger partial charge is 0.243 e. The number of hydrogen-bond acceptors (Lipinski definition) is 4. The van der Waals surface area contributed by atoms with Crippen molar-refractivity contribution in [1.29, 1.82) is 0 Å². The predicted octanol–water partition coefficient (Wildman–Crippen LogP) is 1.26. The molecule has 1 aromatic rings. The van der Waals surface area contributed by atoms with Crippen molar-refractivity contribution < 1.29 is 12.8 Å². The molecule has 1 aliphatic rings. The lowest BCUT2D eigenvalue weighted by Crippen LogP contribution is -2.34. The van der Waals surface area contributed by atoms with E-state index in [4.69, 9.17) is 17.3 Å². The lowest BCUT2D eigenvalue weighted by Gasteiger charge is -2.20. The van der Waals surface area contributed by atoms with Gasteiger partial charge < -0.3 is 10.6 Å². The number of halogens is 2. The van der Waals surface area contributed by atoms with Gasteiger partial charge in [-0.2, -0.15) is 4.31 Å². The van der Waals surface area contributed by atoms with Gasteiger partial charge in [0.2, 0.25) is 10.0 Å². The third-order valence-electron chi connectivity index (χ3n) is 3.79. The summed E-state index contributed by atoms with van der Waals surface area (Å²) in [5.74, 6) is -0.762. The van der Waals surface area contributed by atoms with Crippen molar-refractivity contribution in [3.63, 3.8) is 0 Å². The number of rotatable bonds is 4. The molecule has 1 saturated heterocycles. The van der Waals surface area contributed by atoms with Crippen LogP contribution in [0.15, 0.2) is 17.0 Å². The summed E-state index contributed by atoms with van der Waals surface area (Å²) in [6.07, 6.45) is 0.756. The van der Waals surface area contributed by atoms with Crippen molar-refractivity contribution >= 4 is 21.6 Å². The Morgan fingerprint density at radius 2 is 2.14 bits per heavy atom. The van der Waals surface area contributed by atoms with Gasteiger partial charge in [-0.25, -0.2) is 12.8 Å². The fourth-order valence-corrected chi connectivity index (χ4v) is 4.16. The second kappa shape index (κ2) is 6.18. The van der Waals surface area contributed by atoms with Crippen LogP contribution in [0.2, 0.25) is 5.02 Å². The van der Waals surface area contributed by atoms with Crippen molar-refractivity contribution in [2.24, 2.45) is 5.73 Å². The first kappa shape index (κ1) is 16.6. The molecule has 118 valence electrons. The normalized spacial score (nSPS) is 20.4. The minimum atomic E-state index is -3.72. The number of hydrogen-bond donors (Lipinski definition) is 1. The minimum absolute atomic E-state index is 0.0144. The Bertz CT molecular complexity index is 637. The lowest BCUT2D eigenvalue weighted by atomic mass is 10.2. The zero-order chi connectivity index (χ0) is 15.8. The van der Waals surface area contributed by atoms with E-state index in [1.165, 1.54) is 10.4 Å². The topological polar surface area (TPSA) is 66.6 Å². The van der Waals surface area contributed by atoms with Crippen LogP contribution >= 0.6 is 11.6 Å². The van der Waals surface area contributed by atoms with Crippen LogP contribution in [0.3, 0.4) is 0 Å². The highest BCUT2D eigenvalue weighted by atomic mass is 35.5. The molecule has 0 spiro atoms. The number of likely N-dealkylation sites (N-methyl/N-ethyl adjacent to an activating group) is 1. The van der Waals surface area contributed by atoms with Gasteiger partial charge in [0.05, 0.1) is 9.92 Å². The van der Waals surface area contributed by atoms with Crippen LogP contribution in [-0.4, -0.2) is 50.8 Å². The Hall–Kier alpha value is -0.730. The summed E-state index contributed by atoms with van der Waals surface area (Å²) in [6.45, 7) is 0.810. The number of benzene rings is 1. The van der Waals surface area contributed by atoms with Gasteiger partial charge in [-0.1, -0.05) is 11.6 Å². The Morgan fingerprint density at radius 1 is 1.48 bits per heavy atom. The molecule has 5 nitrogen and oxygen atoms in total. The number of nitrogens with two attached hydrogens (primary N) is 1. The van der Waals surface area contributed by atoms with E-state index in [9.17, 15) is 12.8 Å². The molecule has 1 fully saturated rings. The molecule has 1 aromatic carbocycles. The van der Waals surface area contributed by atoms with Crippen LogP contribution in [0.25, 0.3) is 0 Å². The second-order valence-electron chi connectivity index (χ2n) is 5.35. The highest BCUT2D eigenvalue weighted by Gasteiger charge is 2.34. The molecule has 1 atom stereocenters. The van der Waals surface area contributed by atoms with Gasteiger partial charge in [-0.05, 0) is 38.2 Å². The maximum Gasteiger partial charge on any atom is 0.243 e.